The van der Waals surface area contributed by atoms with Crippen LogP contribution in [0.15, 0.2) is 28.8 Å². The van der Waals surface area contributed by atoms with Gasteiger partial charge in [0.25, 0.3) is 0 Å². The molecule has 1 aromatic heterocycles. The zero-order valence-corrected chi connectivity index (χ0v) is 12.8. The number of nitrogens with zero attached hydrogens (tertiary/aromatic N) is 1. The fourth-order valence-corrected chi connectivity index (χ4v) is 3.04. The topological polar surface area (TPSA) is 75.4 Å². The van der Waals surface area contributed by atoms with E-state index in [1.54, 1.807) is 6.92 Å². The maximum absolute atomic E-state index is 12.1. The first kappa shape index (κ1) is 14.8. The lowest BCUT2D eigenvalue weighted by Crippen LogP contribution is -2.44. The van der Waals surface area contributed by atoms with Gasteiger partial charge in [0.1, 0.15) is 5.76 Å². The number of carbonyl (C=O) groups is 1. The second kappa shape index (κ2) is 5.57. The van der Waals surface area contributed by atoms with Crippen molar-refractivity contribution in [3.8, 4) is 0 Å². The fraction of sp³-hybridized carbons (Fsp3) is 0.412. The number of carbonyl (C=O) groups excluding carboxylic acids is 1. The number of amides is 1. The molecule has 0 aliphatic heterocycles. The van der Waals surface area contributed by atoms with Gasteiger partial charge >= 0.3 is 0 Å². The lowest BCUT2D eigenvalue weighted by Gasteiger charge is -2.22. The highest BCUT2D eigenvalue weighted by molar-refractivity contribution is 5.79. The quantitative estimate of drug-likeness (QED) is 0.897. The summed E-state index contributed by atoms with van der Waals surface area (Å²) in [6, 6.07) is 8.00. The number of benzene rings is 1. The van der Waals surface area contributed by atoms with Crippen LogP contribution in [-0.4, -0.2) is 28.3 Å². The van der Waals surface area contributed by atoms with E-state index in [-0.39, 0.29) is 18.9 Å². The van der Waals surface area contributed by atoms with Crippen LogP contribution in [0, 0.1) is 13.8 Å². The van der Waals surface area contributed by atoms with Crippen molar-refractivity contribution < 1.29 is 14.4 Å². The highest BCUT2D eigenvalue weighted by atomic mass is 16.5. The second-order valence-corrected chi connectivity index (χ2v) is 6.10. The number of nitrogens with one attached hydrogen (secondary N) is 1. The molecule has 0 unspecified atom stereocenters. The molecule has 5 heteroatoms. The summed E-state index contributed by atoms with van der Waals surface area (Å²) in [5, 5.41) is 17.3. The van der Waals surface area contributed by atoms with Crippen LogP contribution in [0.2, 0.25) is 0 Å². The fourth-order valence-electron chi connectivity index (χ4n) is 3.04. The number of aromatic nitrogens is 1. The lowest BCUT2D eigenvalue weighted by molar-refractivity contribution is -0.121. The number of aliphatic hydroxyl groups is 1. The van der Waals surface area contributed by atoms with Crippen LogP contribution in [0.5, 0.6) is 0 Å². The summed E-state index contributed by atoms with van der Waals surface area (Å²) in [6.07, 6.45) is 1.38. The molecule has 22 heavy (non-hydrogen) atoms. The summed E-state index contributed by atoms with van der Waals surface area (Å²) in [5.74, 6) is 0.540. The first-order valence-electron chi connectivity index (χ1n) is 7.44. The van der Waals surface area contributed by atoms with Crippen LogP contribution in [-0.2, 0) is 24.1 Å². The molecule has 116 valence electrons. The molecule has 0 saturated heterocycles. The van der Waals surface area contributed by atoms with Crippen molar-refractivity contribution in [2.45, 2.75) is 38.7 Å². The van der Waals surface area contributed by atoms with E-state index < -0.39 is 5.60 Å². The molecule has 0 spiro atoms. The third-order valence-electron chi connectivity index (χ3n) is 4.29. The zero-order chi connectivity index (χ0) is 15.7. The Hall–Kier alpha value is -2.14. The Labute approximate surface area is 129 Å². The Morgan fingerprint density at radius 2 is 1.95 bits per heavy atom. The van der Waals surface area contributed by atoms with Crippen LogP contribution >= 0.6 is 0 Å². The predicted molar refractivity (Wildman–Crippen MR) is 81.5 cm³/mol. The largest absolute Gasteiger partial charge is 0.387 e. The molecule has 0 bridgehead atoms. The van der Waals surface area contributed by atoms with Crippen molar-refractivity contribution in [2.75, 3.05) is 6.54 Å². The molecule has 0 radical (unpaired) electrons. The van der Waals surface area contributed by atoms with Gasteiger partial charge in [-0.05, 0) is 25.0 Å². The van der Waals surface area contributed by atoms with Gasteiger partial charge in [0.15, 0.2) is 0 Å². The van der Waals surface area contributed by atoms with E-state index >= 15 is 0 Å². The minimum atomic E-state index is -0.891. The molecular formula is C17H20N2O3. The lowest BCUT2D eigenvalue weighted by atomic mass is 10.0. The molecule has 2 aromatic rings. The van der Waals surface area contributed by atoms with E-state index in [9.17, 15) is 9.90 Å². The smallest absolute Gasteiger partial charge is 0.224 e. The average molecular weight is 300 g/mol. The minimum Gasteiger partial charge on any atom is -0.387 e. The van der Waals surface area contributed by atoms with Gasteiger partial charge in [0, 0.05) is 24.9 Å². The normalized spacial score (nSPS) is 15.6. The maximum atomic E-state index is 12.1. The first-order valence-corrected chi connectivity index (χ1v) is 7.44. The van der Waals surface area contributed by atoms with Crippen molar-refractivity contribution >= 4 is 5.91 Å². The van der Waals surface area contributed by atoms with Gasteiger partial charge < -0.3 is 14.9 Å². The Morgan fingerprint density at radius 3 is 2.50 bits per heavy atom. The minimum absolute atomic E-state index is 0.126. The molecule has 0 saturated carbocycles. The van der Waals surface area contributed by atoms with E-state index in [1.807, 2.05) is 31.2 Å². The third-order valence-corrected chi connectivity index (χ3v) is 4.29. The average Bonchev–Trinajstić information content (AvgIpc) is 2.99. The van der Waals surface area contributed by atoms with Gasteiger partial charge in [-0.15, -0.1) is 0 Å². The standard InChI is InChI=1S/C17H20N2O3/c1-11-15(12(2)22-19-11)7-16(20)18-10-17(21)8-13-5-3-4-6-14(13)9-17/h3-6,21H,7-10H2,1-2H3,(H,18,20). The van der Waals surface area contributed by atoms with Crippen LogP contribution < -0.4 is 5.32 Å². The van der Waals surface area contributed by atoms with Crippen molar-refractivity contribution in [1.82, 2.24) is 10.5 Å². The molecule has 2 N–H and O–H groups in total. The highest BCUT2D eigenvalue weighted by Crippen LogP contribution is 2.29. The van der Waals surface area contributed by atoms with Gasteiger partial charge in [-0.3, -0.25) is 4.79 Å². The van der Waals surface area contributed by atoms with E-state index in [4.69, 9.17) is 4.52 Å². The number of rotatable bonds is 4. The first-order chi connectivity index (χ1) is 10.5. The van der Waals surface area contributed by atoms with E-state index in [2.05, 4.69) is 10.5 Å². The third kappa shape index (κ3) is 2.90. The van der Waals surface area contributed by atoms with Gasteiger partial charge in [-0.1, -0.05) is 29.4 Å². The summed E-state index contributed by atoms with van der Waals surface area (Å²) in [7, 11) is 0. The molecule has 1 heterocycles. The highest BCUT2D eigenvalue weighted by Gasteiger charge is 2.35. The summed E-state index contributed by atoms with van der Waals surface area (Å²) in [6.45, 7) is 3.87. The van der Waals surface area contributed by atoms with Gasteiger partial charge in [-0.2, -0.15) is 0 Å². The monoisotopic (exact) mass is 300 g/mol. The molecule has 0 atom stereocenters. The summed E-state index contributed by atoms with van der Waals surface area (Å²) in [4.78, 5) is 12.1. The van der Waals surface area contributed by atoms with Gasteiger partial charge in [-0.25, -0.2) is 0 Å². The zero-order valence-electron chi connectivity index (χ0n) is 12.8. The molecule has 1 aliphatic rings. The van der Waals surface area contributed by atoms with Crippen molar-refractivity contribution in [3.63, 3.8) is 0 Å². The second-order valence-electron chi connectivity index (χ2n) is 6.10. The number of hydrogen-bond acceptors (Lipinski definition) is 4. The van der Waals surface area contributed by atoms with Crippen LogP contribution in [0.1, 0.15) is 28.1 Å². The van der Waals surface area contributed by atoms with E-state index in [0.717, 1.165) is 22.4 Å². The molecule has 1 amide bonds. The summed E-state index contributed by atoms with van der Waals surface area (Å²) >= 11 is 0. The summed E-state index contributed by atoms with van der Waals surface area (Å²) < 4.78 is 5.06. The van der Waals surface area contributed by atoms with Crippen LogP contribution in [0.4, 0.5) is 0 Å². The Kier molecular flexibility index (Phi) is 3.74. The van der Waals surface area contributed by atoms with Gasteiger partial charge in [0.2, 0.25) is 5.91 Å². The van der Waals surface area contributed by atoms with Crippen molar-refractivity contribution in [2.24, 2.45) is 0 Å². The van der Waals surface area contributed by atoms with Gasteiger partial charge in [0.05, 0.1) is 17.7 Å². The summed E-state index contributed by atoms with van der Waals surface area (Å²) in [5.41, 5.74) is 2.98. The van der Waals surface area contributed by atoms with E-state index in [1.165, 1.54) is 0 Å². The van der Waals surface area contributed by atoms with E-state index in [0.29, 0.717) is 18.6 Å². The van der Waals surface area contributed by atoms with Crippen LogP contribution in [0.25, 0.3) is 0 Å². The molecule has 5 nitrogen and oxygen atoms in total. The molecule has 0 fully saturated rings. The van der Waals surface area contributed by atoms with Crippen molar-refractivity contribution in [1.29, 1.82) is 0 Å². The number of aryl methyl sites for hydroxylation is 2. The SMILES string of the molecule is Cc1noc(C)c1CC(=O)NCC1(O)Cc2ccccc2C1. The molecule has 3 rings (SSSR count). The molecule has 1 aliphatic carbocycles. The maximum Gasteiger partial charge on any atom is 0.224 e. The Balaban J connectivity index is 1.58. The molecular weight excluding hydrogens is 280 g/mol. The van der Waals surface area contributed by atoms with Crippen molar-refractivity contribution in [3.05, 3.63) is 52.4 Å². The molecule has 1 aromatic carbocycles. The Morgan fingerprint density at radius 1 is 1.32 bits per heavy atom. The van der Waals surface area contributed by atoms with Crippen LogP contribution in [0.3, 0.4) is 0 Å². The number of hydrogen-bond donors (Lipinski definition) is 2. The predicted octanol–water partition coefficient (Wildman–Crippen LogP) is 1.48. The Bertz CT molecular complexity index is 661. The number of fused-ring (bicyclic) bond motifs is 1.